The fourth-order valence-corrected chi connectivity index (χ4v) is 1.05. The number of pyridine rings is 1. The molecule has 0 fully saturated rings. The fourth-order valence-electron chi connectivity index (χ4n) is 1.05. The van der Waals surface area contributed by atoms with Crippen LogP contribution in [0.15, 0.2) is 35.5 Å². The first-order chi connectivity index (χ1) is 6.86. The molecule has 0 bridgehead atoms. The lowest BCUT2D eigenvalue weighted by atomic mass is 10.2. The van der Waals surface area contributed by atoms with Crippen molar-refractivity contribution in [2.75, 3.05) is 0 Å². The Balaban J connectivity index is 0.000000461. The summed E-state index contributed by atoms with van der Waals surface area (Å²) >= 11 is 0. The highest BCUT2D eigenvalue weighted by Gasteiger charge is 2.00. The Kier molecular flexibility index (Phi) is 3.85. The highest BCUT2D eigenvalue weighted by Crippen LogP contribution is 2.17. The van der Waals surface area contributed by atoms with E-state index in [2.05, 4.69) is 9.97 Å². The molecule has 3 heteroatoms. The molecule has 0 N–H and O–H groups in total. The van der Waals surface area contributed by atoms with Crippen LogP contribution in [0.4, 0.5) is 0 Å². The number of aryl methyl sites for hydroxylation is 1. The van der Waals surface area contributed by atoms with Gasteiger partial charge in [0.15, 0.2) is 12.2 Å². The number of hydrogen-bond donors (Lipinski definition) is 0. The van der Waals surface area contributed by atoms with Gasteiger partial charge in [-0.25, -0.2) is 4.98 Å². The van der Waals surface area contributed by atoms with Crippen molar-refractivity contribution < 1.29 is 4.42 Å². The zero-order valence-electron chi connectivity index (χ0n) is 8.69. The third kappa shape index (κ3) is 2.42. The SMILES string of the molecule is CC.Cc1cncc(-c2cnco2)c1. The van der Waals surface area contributed by atoms with Gasteiger partial charge in [0.2, 0.25) is 0 Å². The largest absolute Gasteiger partial charge is 0.443 e. The number of rotatable bonds is 1. The van der Waals surface area contributed by atoms with Crippen LogP contribution in [0, 0.1) is 6.92 Å². The zero-order chi connectivity index (χ0) is 10.4. The molecule has 0 aliphatic carbocycles. The molecule has 0 aromatic carbocycles. The molecule has 0 amide bonds. The van der Waals surface area contributed by atoms with Crippen LogP contribution in [0.1, 0.15) is 19.4 Å². The second kappa shape index (κ2) is 5.17. The summed E-state index contributed by atoms with van der Waals surface area (Å²) in [7, 11) is 0. The Bertz CT molecular complexity index is 369. The van der Waals surface area contributed by atoms with Crippen molar-refractivity contribution in [3.63, 3.8) is 0 Å². The molecule has 0 aliphatic heterocycles. The monoisotopic (exact) mass is 190 g/mol. The van der Waals surface area contributed by atoms with E-state index in [1.165, 1.54) is 6.39 Å². The topological polar surface area (TPSA) is 38.9 Å². The van der Waals surface area contributed by atoms with Gasteiger partial charge in [0.1, 0.15) is 0 Å². The van der Waals surface area contributed by atoms with Crippen LogP contribution in [-0.2, 0) is 0 Å². The molecule has 2 heterocycles. The van der Waals surface area contributed by atoms with Crippen LogP contribution in [0.2, 0.25) is 0 Å². The normalized spacial score (nSPS) is 9.07. The molecule has 2 aromatic rings. The van der Waals surface area contributed by atoms with E-state index in [4.69, 9.17) is 4.42 Å². The molecule has 2 aromatic heterocycles. The summed E-state index contributed by atoms with van der Waals surface area (Å²) in [5.41, 5.74) is 2.08. The smallest absolute Gasteiger partial charge is 0.181 e. The lowest BCUT2D eigenvalue weighted by molar-refractivity contribution is 0.571. The summed E-state index contributed by atoms with van der Waals surface area (Å²) in [6.45, 7) is 5.99. The molecule has 14 heavy (non-hydrogen) atoms. The minimum absolute atomic E-state index is 0.756. The third-order valence-corrected chi connectivity index (χ3v) is 1.59. The van der Waals surface area contributed by atoms with Crippen molar-refractivity contribution in [2.45, 2.75) is 20.8 Å². The molecule has 0 unspecified atom stereocenters. The highest BCUT2D eigenvalue weighted by atomic mass is 16.3. The van der Waals surface area contributed by atoms with Gasteiger partial charge in [-0.1, -0.05) is 13.8 Å². The van der Waals surface area contributed by atoms with Crippen molar-refractivity contribution in [3.05, 3.63) is 36.6 Å². The van der Waals surface area contributed by atoms with Crippen molar-refractivity contribution in [1.82, 2.24) is 9.97 Å². The molecule has 0 saturated heterocycles. The summed E-state index contributed by atoms with van der Waals surface area (Å²) in [6.07, 6.45) is 6.65. The quantitative estimate of drug-likeness (QED) is 0.693. The Labute approximate surface area is 83.8 Å². The van der Waals surface area contributed by atoms with Crippen LogP contribution in [0.5, 0.6) is 0 Å². The van der Waals surface area contributed by atoms with Gasteiger partial charge < -0.3 is 4.42 Å². The first-order valence-corrected chi connectivity index (χ1v) is 4.67. The molecule has 0 aliphatic rings. The van der Waals surface area contributed by atoms with Gasteiger partial charge in [0.25, 0.3) is 0 Å². The van der Waals surface area contributed by atoms with Gasteiger partial charge in [0.05, 0.1) is 6.20 Å². The molecule has 3 nitrogen and oxygen atoms in total. The summed E-state index contributed by atoms with van der Waals surface area (Å²) < 4.78 is 5.12. The predicted octanol–water partition coefficient (Wildman–Crippen LogP) is 3.07. The van der Waals surface area contributed by atoms with E-state index in [9.17, 15) is 0 Å². The van der Waals surface area contributed by atoms with Crippen LogP contribution in [0.25, 0.3) is 11.3 Å². The van der Waals surface area contributed by atoms with Gasteiger partial charge in [-0.3, -0.25) is 4.98 Å². The average Bonchev–Trinajstić information content (AvgIpc) is 2.74. The third-order valence-electron chi connectivity index (χ3n) is 1.59. The number of hydrogen-bond acceptors (Lipinski definition) is 3. The van der Waals surface area contributed by atoms with E-state index in [1.54, 1.807) is 18.6 Å². The summed E-state index contributed by atoms with van der Waals surface area (Å²) in [4.78, 5) is 7.89. The van der Waals surface area contributed by atoms with E-state index in [0.29, 0.717) is 0 Å². The van der Waals surface area contributed by atoms with Crippen molar-refractivity contribution in [2.24, 2.45) is 0 Å². The Morgan fingerprint density at radius 2 is 1.86 bits per heavy atom. The lowest BCUT2D eigenvalue weighted by Crippen LogP contribution is -1.79. The van der Waals surface area contributed by atoms with E-state index >= 15 is 0 Å². The van der Waals surface area contributed by atoms with Gasteiger partial charge in [-0.15, -0.1) is 0 Å². The summed E-state index contributed by atoms with van der Waals surface area (Å²) in [5, 5.41) is 0. The standard InChI is InChI=1S/C9H8N2O.C2H6/c1-7-2-8(4-10-3-7)9-5-11-6-12-9;1-2/h2-6H,1H3;1-2H3. The van der Waals surface area contributed by atoms with Gasteiger partial charge in [-0.05, 0) is 18.6 Å². The Hall–Kier alpha value is -1.64. The van der Waals surface area contributed by atoms with Crippen LogP contribution in [-0.4, -0.2) is 9.97 Å². The van der Waals surface area contributed by atoms with Gasteiger partial charge in [-0.2, -0.15) is 0 Å². The molecule has 2 rings (SSSR count). The Morgan fingerprint density at radius 1 is 1.07 bits per heavy atom. The zero-order valence-corrected chi connectivity index (χ0v) is 8.69. The predicted molar refractivity (Wildman–Crippen MR) is 55.8 cm³/mol. The van der Waals surface area contributed by atoms with Gasteiger partial charge in [0, 0.05) is 18.0 Å². The minimum Gasteiger partial charge on any atom is -0.443 e. The van der Waals surface area contributed by atoms with Crippen LogP contribution < -0.4 is 0 Å². The van der Waals surface area contributed by atoms with E-state index in [-0.39, 0.29) is 0 Å². The van der Waals surface area contributed by atoms with Crippen LogP contribution in [0.3, 0.4) is 0 Å². The molecular formula is C11H14N2O. The van der Waals surface area contributed by atoms with Crippen molar-refractivity contribution in [1.29, 1.82) is 0 Å². The molecule has 0 atom stereocenters. The minimum atomic E-state index is 0.756. The maximum atomic E-state index is 5.12. The number of aromatic nitrogens is 2. The fraction of sp³-hybridized carbons (Fsp3) is 0.273. The summed E-state index contributed by atoms with van der Waals surface area (Å²) in [5.74, 6) is 0.756. The maximum Gasteiger partial charge on any atom is 0.181 e. The van der Waals surface area contributed by atoms with Crippen molar-refractivity contribution in [3.8, 4) is 11.3 Å². The van der Waals surface area contributed by atoms with Crippen LogP contribution >= 0.6 is 0 Å². The second-order valence-corrected chi connectivity index (χ2v) is 2.62. The maximum absolute atomic E-state index is 5.12. The Morgan fingerprint density at radius 3 is 2.43 bits per heavy atom. The molecule has 0 radical (unpaired) electrons. The van der Waals surface area contributed by atoms with E-state index < -0.39 is 0 Å². The summed E-state index contributed by atoms with van der Waals surface area (Å²) in [6, 6.07) is 2.01. The lowest BCUT2D eigenvalue weighted by Gasteiger charge is -1.95. The van der Waals surface area contributed by atoms with E-state index in [1.807, 2.05) is 26.8 Å². The molecule has 0 saturated carbocycles. The number of oxazole rings is 1. The van der Waals surface area contributed by atoms with E-state index in [0.717, 1.165) is 16.9 Å². The van der Waals surface area contributed by atoms with Crippen molar-refractivity contribution >= 4 is 0 Å². The number of nitrogens with zero attached hydrogens (tertiary/aromatic N) is 2. The molecule has 74 valence electrons. The highest BCUT2D eigenvalue weighted by molar-refractivity contribution is 5.55. The molecular weight excluding hydrogens is 176 g/mol. The first kappa shape index (κ1) is 10.4. The molecule has 0 spiro atoms. The van der Waals surface area contributed by atoms with Gasteiger partial charge >= 0.3 is 0 Å². The average molecular weight is 190 g/mol. The first-order valence-electron chi connectivity index (χ1n) is 4.67. The second-order valence-electron chi connectivity index (χ2n) is 2.62.